The molecule has 0 saturated carbocycles. The third-order valence-electron chi connectivity index (χ3n) is 3.28. The highest BCUT2D eigenvalue weighted by Gasteiger charge is 2.12. The molecule has 0 aliphatic heterocycles. The second-order valence-corrected chi connectivity index (χ2v) is 4.84. The lowest BCUT2D eigenvalue weighted by Crippen LogP contribution is -2.38. The average molecular weight is 286 g/mol. The number of methoxy groups -OCH3 is 1. The molecule has 2 aromatic rings. The van der Waals surface area contributed by atoms with Gasteiger partial charge in [0, 0.05) is 17.8 Å². The normalized spacial score (nSPS) is 12.0. The molecule has 2 rings (SSSR count). The number of carbonyl (C=O) groups excluding carboxylic acids is 2. The number of hydrogen-bond acceptors (Lipinski definition) is 5. The molecule has 0 aromatic heterocycles. The quantitative estimate of drug-likeness (QED) is 0.648. The van der Waals surface area contributed by atoms with Crippen molar-refractivity contribution in [1.82, 2.24) is 0 Å². The molecule has 0 spiro atoms. The number of nitrogens with one attached hydrogen (secondary N) is 1. The Labute approximate surface area is 123 Å². The Kier molecular flexibility index (Phi) is 4.55. The number of benzene rings is 2. The number of fused-ring (bicyclic) bond motifs is 1. The largest absolute Gasteiger partial charge is 0.468 e. The molecule has 21 heavy (non-hydrogen) atoms. The first-order valence-corrected chi connectivity index (χ1v) is 6.63. The number of esters is 1. The first-order valence-electron chi connectivity index (χ1n) is 6.63. The summed E-state index contributed by atoms with van der Waals surface area (Å²) in [5, 5.41) is 5.10. The van der Waals surface area contributed by atoms with Gasteiger partial charge >= 0.3 is 5.97 Å². The molecule has 0 amide bonds. The molecular formula is C16H18N2O3. The highest BCUT2D eigenvalue weighted by atomic mass is 16.5. The van der Waals surface area contributed by atoms with Crippen molar-refractivity contribution in [2.24, 2.45) is 5.73 Å². The third-order valence-corrected chi connectivity index (χ3v) is 3.28. The number of anilines is 1. The van der Waals surface area contributed by atoms with E-state index in [-0.39, 0.29) is 5.78 Å². The minimum absolute atomic E-state index is 0.0446. The first-order chi connectivity index (χ1) is 10.0. The highest BCUT2D eigenvalue weighted by molar-refractivity contribution is 5.99. The highest BCUT2D eigenvalue weighted by Crippen LogP contribution is 2.21. The summed E-state index contributed by atoms with van der Waals surface area (Å²) in [6, 6.07) is 10.6. The van der Waals surface area contributed by atoms with Gasteiger partial charge in [-0.15, -0.1) is 0 Å². The molecule has 0 fully saturated rings. The van der Waals surface area contributed by atoms with Crippen LogP contribution in [0.5, 0.6) is 0 Å². The van der Waals surface area contributed by atoms with Crippen LogP contribution in [0.25, 0.3) is 10.8 Å². The SMILES string of the molecule is COC(=O)C(N)CNc1ccc2cc(C(C)=O)ccc2c1. The number of ketones is 1. The van der Waals surface area contributed by atoms with Crippen LogP contribution >= 0.6 is 0 Å². The smallest absolute Gasteiger partial charge is 0.324 e. The lowest BCUT2D eigenvalue weighted by Gasteiger charge is -2.12. The van der Waals surface area contributed by atoms with Gasteiger partial charge in [-0.1, -0.05) is 18.2 Å². The van der Waals surface area contributed by atoms with Crippen LogP contribution in [0.2, 0.25) is 0 Å². The molecule has 1 unspecified atom stereocenters. The Balaban J connectivity index is 2.14. The predicted octanol–water partition coefficient (Wildman–Crippen LogP) is 1.95. The Bertz CT molecular complexity index is 682. The Morgan fingerprint density at radius 1 is 1.19 bits per heavy atom. The van der Waals surface area contributed by atoms with Gasteiger partial charge in [-0.25, -0.2) is 0 Å². The fourth-order valence-corrected chi connectivity index (χ4v) is 2.04. The molecule has 0 radical (unpaired) electrons. The molecule has 1 atom stereocenters. The van der Waals surface area contributed by atoms with Crippen LogP contribution in [0.1, 0.15) is 17.3 Å². The van der Waals surface area contributed by atoms with E-state index in [4.69, 9.17) is 5.73 Å². The average Bonchev–Trinajstić information content (AvgIpc) is 2.50. The van der Waals surface area contributed by atoms with Crippen LogP contribution in [0.3, 0.4) is 0 Å². The summed E-state index contributed by atoms with van der Waals surface area (Å²) in [4.78, 5) is 22.6. The molecule has 0 saturated heterocycles. The molecule has 110 valence electrons. The van der Waals surface area contributed by atoms with Crippen molar-refractivity contribution >= 4 is 28.2 Å². The number of hydrogen-bond donors (Lipinski definition) is 2. The van der Waals surface area contributed by atoms with E-state index in [1.165, 1.54) is 7.11 Å². The van der Waals surface area contributed by atoms with E-state index >= 15 is 0 Å². The van der Waals surface area contributed by atoms with Crippen LogP contribution in [-0.2, 0) is 9.53 Å². The molecule has 2 aromatic carbocycles. The van der Waals surface area contributed by atoms with Crippen molar-refractivity contribution in [1.29, 1.82) is 0 Å². The molecule has 5 heteroatoms. The van der Waals surface area contributed by atoms with Crippen molar-refractivity contribution < 1.29 is 14.3 Å². The number of carbonyl (C=O) groups is 2. The minimum atomic E-state index is -0.703. The summed E-state index contributed by atoms with van der Waals surface area (Å²) < 4.78 is 4.57. The van der Waals surface area contributed by atoms with E-state index in [9.17, 15) is 9.59 Å². The summed E-state index contributed by atoms with van der Waals surface area (Å²) >= 11 is 0. The summed E-state index contributed by atoms with van der Waals surface area (Å²) in [7, 11) is 1.31. The Morgan fingerprint density at radius 2 is 1.86 bits per heavy atom. The van der Waals surface area contributed by atoms with Gasteiger partial charge in [-0.05, 0) is 35.9 Å². The van der Waals surface area contributed by atoms with Gasteiger partial charge in [0.2, 0.25) is 0 Å². The number of rotatable bonds is 5. The third kappa shape index (κ3) is 3.58. The monoisotopic (exact) mass is 286 g/mol. The van der Waals surface area contributed by atoms with Crippen LogP contribution < -0.4 is 11.1 Å². The van der Waals surface area contributed by atoms with Crippen LogP contribution in [-0.4, -0.2) is 31.4 Å². The minimum Gasteiger partial charge on any atom is -0.468 e. The van der Waals surface area contributed by atoms with Crippen molar-refractivity contribution in [3.8, 4) is 0 Å². The number of Topliss-reactive ketones (excluding diaryl/α,β-unsaturated/α-hetero) is 1. The van der Waals surface area contributed by atoms with Gasteiger partial charge in [0.15, 0.2) is 5.78 Å². The first kappa shape index (κ1) is 15.0. The van der Waals surface area contributed by atoms with Gasteiger partial charge in [-0.2, -0.15) is 0 Å². The summed E-state index contributed by atoms with van der Waals surface area (Å²) in [5.74, 6) is -0.405. The second kappa shape index (κ2) is 6.37. The summed E-state index contributed by atoms with van der Waals surface area (Å²) in [5.41, 5.74) is 7.22. The summed E-state index contributed by atoms with van der Waals surface area (Å²) in [6.07, 6.45) is 0. The molecule has 3 N–H and O–H groups in total. The molecule has 0 heterocycles. The zero-order valence-corrected chi connectivity index (χ0v) is 12.1. The van der Waals surface area contributed by atoms with Gasteiger partial charge in [0.25, 0.3) is 0 Å². The second-order valence-electron chi connectivity index (χ2n) is 4.84. The maximum atomic E-state index is 11.4. The van der Waals surface area contributed by atoms with E-state index in [2.05, 4.69) is 10.1 Å². The van der Waals surface area contributed by atoms with Crippen molar-refractivity contribution in [3.63, 3.8) is 0 Å². The molecule has 0 aliphatic rings. The topological polar surface area (TPSA) is 81.4 Å². The molecule has 0 bridgehead atoms. The van der Waals surface area contributed by atoms with Crippen molar-refractivity contribution in [3.05, 3.63) is 42.0 Å². The van der Waals surface area contributed by atoms with E-state index in [0.29, 0.717) is 12.1 Å². The lowest BCUT2D eigenvalue weighted by atomic mass is 10.0. The van der Waals surface area contributed by atoms with Crippen molar-refractivity contribution in [2.45, 2.75) is 13.0 Å². The van der Waals surface area contributed by atoms with E-state index in [1.54, 1.807) is 13.0 Å². The van der Waals surface area contributed by atoms with Gasteiger partial charge < -0.3 is 15.8 Å². The van der Waals surface area contributed by atoms with Crippen molar-refractivity contribution in [2.75, 3.05) is 19.0 Å². The number of ether oxygens (including phenoxy) is 1. The van der Waals surface area contributed by atoms with Gasteiger partial charge in [0.1, 0.15) is 6.04 Å². The van der Waals surface area contributed by atoms with Crippen LogP contribution in [0.4, 0.5) is 5.69 Å². The van der Waals surface area contributed by atoms with E-state index in [1.807, 2.05) is 30.3 Å². The number of nitrogens with two attached hydrogens (primary N) is 1. The van der Waals surface area contributed by atoms with E-state index < -0.39 is 12.0 Å². The van der Waals surface area contributed by atoms with Crippen LogP contribution in [0, 0.1) is 0 Å². The van der Waals surface area contributed by atoms with Gasteiger partial charge in [0.05, 0.1) is 7.11 Å². The molecule has 0 aliphatic carbocycles. The van der Waals surface area contributed by atoms with E-state index in [0.717, 1.165) is 16.5 Å². The maximum Gasteiger partial charge on any atom is 0.324 e. The fourth-order valence-electron chi connectivity index (χ4n) is 2.04. The molecular weight excluding hydrogens is 268 g/mol. The zero-order chi connectivity index (χ0) is 15.4. The Hall–Kier alpha value is -2.40. The predicted molar refractivity (Wildman–Crippen MR) is 82.4 cm³/mol. The fraction of sp³-hybridized carbons (Fsp3) is 0.250. The zero-order valence-electron chi connectivity index (χ0n) is 12.1. The lowest BCUT2D eigenvalue weighted by molar-refractivity contribution is -0.141. The summed E-state index contributed by atoms with van der Waals surface area (Å²) in [6.45, 7) is 1.84. The van der Waals surface area contributed by atoms with Gasteiger partial charge in [-0.3, -0.25) is 9.59 Å². The Morgan fingerprint density at radius 3 is 2.52 bits per heavy atom. The van der Waals surface area contributed by atoms with Crippen LogP contribution in [0.15, 0.2) is 36.4 Å². The standard InChI is InChI=1S/C16H18N2O3/c1-10(19)11-3-4-13-8-14(6-5-12(13)7-11)18-9-15(17)16(20)21-2/h3-8,15,18H,9,17H2,1-2H3. The molecule has 5 nitrogen and oxygen atoms in total. The maximum absolute atomic E-state index is 11.4.